The van der Waals surface area contributed by atoms with E-state index in [4.69, 9.17) is 0 Å². The van der Waals surface area contributed by atoms with E-state index in [2.05, 4.69) is 27.1 Å². The molecule has 0 saturated heterocycles. The number of halogens is 1. The molecule has 5 nitrogen and oxygen atoms in total. The number of thiazole rings is 1. The number of H-pyrrole nitrogens is 1. The van der Waals surface area contributed by atoms with E-state index in [1.165, 1.54) is 23.4 Å². The van der Waals surface area contributed by atoms with Crippen LogP contribution in [0, 0.1) is 5.82 Å². The molecule has 2 N–H and O–H groups in total. The van der Waals surface area contributed by atoms with E-state index < -0.39 is 11.7 Å². The van der Waals surface area contributed by atoms with Gasteiger partial charge in [0.25, 0.3) is 5.91 Å². The summed E-state index contributed by atoms with van der Waals surface area (Å²) in [6.07, 6.45) is 5.40. The number of carbonyl (C=O) groups is 1. The lowest BCUT2D eigenvalue weighted by Crippen LogP contribution is -2.33. The molecular weight excluding hydrogens is 375 g/mol. The molecule has 0 saturated carbocycles. The Bertz CT molecular complexity index is 1020. The zero-order valence-electron chi connectivity index (χ0n) is 15.4. The van der Waals surface area contributed by atoms with Crippen LogP contribution in [0.25, 0.3) is 5.57 Å². The molecule has 0 atom stereocenters. The minimum atomic E-state index is -0.634. The predicted octanol–water partition coefficient (Wildman–Crippen LogP) is 4.03. The molecule has 142 valence electrons. The maximum atomic E-state index is 13.7. The fourth-order valence-corrected chi connectivity index (χ4v) is 3.99. The largest absolute Gasteiger partial charge is 0.333 e. The van der Waals surface area contributed by atoms with Gasteiger partial charge in [-0.1, -0.05) is 29.0 Å². The van der Waals surface area contributed by atoms with Gasteiger partial charge in [-0.3, -0.25) is 9.78 Å². The fourth-order valence-electron chi connectivity index (χ4n) is 3.29. The van der Waals surface area contributed by atoms with Crippen molar-refractivity contribution in [2.45, 2.75) is 13.3 Å². The van der Waals surface area contributed by atoms with Gasteiger partial charge in [-0.2, -0.15) is 0 Å². The third-order valence-electron chi connectivity index (χ3n) is 4.87. The number of nitrogens with zero attached hydrogens (tertiary/aromatic N) is 2. The Morgan fingerprint density at radius 3 is 2.82 bits per heavy atom. The van der Waals surface area contributed by atoms with Crippen molar-refractivity contribution in [1.82, 2.24) is 4.98 Å². The molecule has 2 aromatic heterocycles. The number of anilines is 2. The molecule has 7 heteroatoms. The summed E-state index contributed by atoms with van der Waals surface area (Å²) in [4.78, 5) is 21.5. The van der Waals surface area contributed by atoms with E-state index >= 15 is 0 Å². The quantitative estimate of drug-likeness (QED) is 0.726. The Morgan fingerprint density at radius 1 is 1.29 bits per heavy atom. The van der Waals surface area contributed by atoms with Crippen LogP contribution in [0.5, 0.6) is 0 Å². The van der Waals surface area contributed by atoms with Crippen LogP contribution >= 0.6 is 11.3 Å². The first-order valence-electron chi connectivity index (χ1n) is 9.02. The highest BCUT2D eigenvalue weighted by atomic mass is 32.1. The highest BCUT2D eigenvalue weighted by molar-refractivity contribution is 7.13. The van der Waals surface area contributed by atoms with Crippen LogP contribution in [-0.4, -0.2) is 24.0 Å². The van der Waals surface area contributed by atoms with Gasteiger partial charge >= 0.3 is 5.13 Å². The number of nitrogens with one attached hydrogen (secondary N) is 2. The number of aromatic nitrogens is 2. The van der Waals surface area contributed by atoms with Crippen molar-refractivity contribution < 1.29 is 14.2 Å². The summed E-state index contributed by atoms with van der Waals surface area (Å²) in [6.45, 7) is 4.02. The molecule has 0 bridgehead atoms. The summed E-state index contributed by atoms with van der Waals surface area (Å²) in [5, 5.41) is 5.94. The molecule has 4 rings (SSSR count). The van der Waals surface area contributed by atoms with E-state index in [0.717, 1.165) is 36.4 Å². The molecule has 0 spiro atoms. The number of aromatic amines is 1. The minimum Gasteiger partial charge on any atom is -0.322 e. The van der Waals surface area contributed by atoms with Crippen LogP contribution in [0.15, 0.2) is 59.9 Å². The van der Waals surface area contributed by atoms with Gasteiger partial charge in [-0.25, -0.2) is 14.3 Å². The third-order valence-corrected chi connectivity index (χ3v) is 5.74. The van der Waals surface area contributed by atoms with Crippen LogP contribution < -0.4 is 15.2 Å². The Labute approximate surface area is 166 Å². The number of amides is 1. The first-order valence-corrected chi connectivity index (χ1v) is 9.90. The highest BCUT2D eigenvalue weighted by Gasteiger charge is 2.25. The van der Waals surface area contributed by atoms with E-state index in [-0.39, 0.29) is 5.56 Å². The standard InChI is InChI=1S/C21H19FN4OS/c1-14-7-10-26(21-24-9-11-28-21)13-18(14)15-2-4-16(5-3-15)25-20(27)17-6-8-23-12-19(17)22/h2-6,8-9,11-12H,7,10,13H2,1H3,(H,25,27)/p+1. The molecule has 3 heterocycles. The molecule has 28 heavy (non-hydrogen) atoms. The van der Waals surface area contributed by atoms with Gasteiger partial charge in [0.1, 0.15) is 6.54 Å². The van der Waals surface area contributed by atoms with E-state index in [9.17, 15) is 9.18 Å². The SMILES string of the molecule is CC1=C(c2ccc(NC(=O)c3ccncc3F)cc2)CN(c2[nH+]ccs2)CC1. The average Bonchev–Trinajstić information content (AvgIpc) is 3.24. The molecule has 0 unspecified atom stereocenters. The number of hydrogen-bond donors (Lipinski definition) is 1. The van der Waals surface area contributed by atoms with Crippen LogP contribution in [0.3, 0.4) is 0 Å². The second kappa shape index (κ2) is 7.90. The highest BCUT2D eigenvalue weighted by Crippen LogP contribution is 2.30. The summed E-state index contributed by atoms with van der Waals surface area (Å²) >= 11 is 1.70. The van der Waals surface area contributed by atoms with E-state index in [1.807, 2.05) is 35.8 Å². The molecule has 1 aliphatic rings. The van der Waals surface area contributed by atoms with Crippen molar-refractivity contribution in [3.05, 3.63) is 76.8 Å². The predicted molar refractivity (Wildman–Crippen MR) is 109 cm³/mol. The molecular formula is C21H20FN4OS+. The summed E-state index contributed by atoms with van der Waals surface area (Å²) < 4.78 is 13.7. The third kappa shape index (κ3) is 3.80. The van der Waals surface area contributed by atoms with Crippen molar-refractivity contribution in [3.63, 3.8) is 0 Å². The van der Waals surface area contributed by atoms with Crippen LogP contribution in [0.2, 0.25) is 0 Å². The molecule has 1 aromatic carbocycles. The van der Waals surface area contributed by atoms with Crippen LogP contribution in [-0.2, 0) is 0 Å². The lowest BCUT2D eigenvalue weighted by atomic mass is 9.95. The number of rotatable bonds is 4. The number of benzene rings is 1. The molecule has 1 amide bonds. The van der Waals surface area contributed by atoms with Crippen molar-refractivity contribution in [2.75, 3.05) is 23.3 Å². The normalized spacial score (nSPS) is 14.3. The first kappa shape index (κ1) is 18.3. The van der Waals surface area contributed by atoms with Crippen LogP contribution in [0.1, 0.15) is 29.3 Å². The smallest absolute Gasteiger partial charge is 0.322 e. The Balaban J connectivity index is 1.50. The second-order valence-electron chi connectivity index (χ2n) is 6.69. The molecule has 0 radical (unpaired) electrons. The summed E-state index contributed by atoms with van der Waals surface area (Å²) in [6, 6.07) is 9.06. The van der Waals surface area contributed by atoms with Gasteiger partial charge in [-0.15, -0.1) is 0 Å². The van der Waals surface area contributed by atoms with E-state index in [0.29, 0.717) is 5.69 Å². The Hall–Kier alpha value is -3.06. The topological polar surface area (TPSA) is 59.4 Å². The van der Waals surface area contributed by atoms with Crippen molar-refractivity contribution in [3.8, 4) is 0 Å². The molecule has 3 aromatic rings. The van der Waals surface area contributed by atoms with Crippen molar-refractivity contribution >= 4 is 33.6 Å². The Kier molecular flexibility index (Phi) is 5.16. The summed E-state index contributed by atoms with van der Waals surface area (Å²) in [5.74, 6) is -1.12. The lowest BCUT2D eigenvalue weighted by Gasteiger charge is -2.24. The monoisotopic (exact) mass is 395 g/mol. The van der Waals surface area contributed by atoms with Gasteiger partial charge in [0.05, 0.1) is 24.5 Å². The van der Waals surface area contributed by atoms with Gasteiger partial charge < -0.3 is 5.32 Å². The average molecular weight is 395 g/mol. The molecule has 0 fully saturated rings. The molecule has 0 aliphatic carbocycles. The lowest BCUT2D eigenvalue weighted by molar-refractivity contribution is -0.357. The van der Waals surface area contributed by atoms with E-state index in [1.54, 1.807) is 11.3 Å². The second-order valence-corrected chi connectivity index (χ2v) is 7.58. The summed E-state index contributed by atoms with van der Waals surface area (Å²) in [5.41, 5.74) is 4.41. The molecule has 1 aliphatic heterocycles. The van der Waals surface area contributed by atoms with Gasteiger partial charge in [0.2, 0.25) is 0 Å². The number of carbonyl (C=O) groups excluding carboxylic acids is 1. The number of hydrogen-bond acceptors (Lipinski definition) is 4. The zero-order valence-corrected chi connectivity index (χ0v) is 16.2. The maximum Gasteiger partial charge on any atom is 0.333 e. The summed E-state index contributed by atoms with van der Waals surface area (Å²) in [7, 11) is 0. The van der Waals surface area contributed by atoms with Crippen LogP contribution in [0.4, 0.5) is 15.2 Å². The number of pyridine rings is 1. The maximum absolute atomic E-state index is 13.7. The Morgan fingerprint density at radius 2 is 2.11 bits per heavy atom. The zero-order chi connectivity index (χ0) is 19.5. The van der Waals surface area contributed by atoms with Gasteiger partial charge in [0, 0.05) is 23.7 Å². The van der Waals surface area contributed by atoms with Gasteiger partial charge in [-0.05, 0) is 36.3 Å². The van der Waals surface area contributed by atoms with Crippen molar-refractivity contribution in [2.24, 2.45) is 0 Å². The first-order chi connectivity index (χ1) is 13.6. The fraction of sp³-hybridized carbons (Fsp3) is 0.190. The minimum absolute atomic E-state index is 0.0206. The van der Waals surface area contributed by atoms with Gasteiger partial charge in [0.15, 0.2) is 5.82 Å². The van der Waals surface area contributed by atoms with Crippen molar-refractivity contribution in [1.29, 1.82) is 0 Å².